The largest absolute Gasteiger partial charge is 0.493 e. The number of nitrogens with one attached hydrogen (secondary N) is 2. The second-order valence-corrected chi connectivity index (χ2v) is 7.90. The smallest absolute Gasteiger partial charge is 0.298 e. The lowest BCUT2D eigenvalue weighted by Gasteiger charge is -2.33. The van der Waals surface area contributed by atoms with E-state index in [4.69, 9.17) is 4.74 Å². The van der Waals surface area contributed by atoms with E-state index in [2.05, 4.69) is 19.3 Å². The van der Waals surface area contributed by atoms with E-state index in [1.165, 1.54) is 12.7 Å². The van der Waals surface area contributed by atoms with Crippen molar-refractivity contribution in [2.75, 3.05) is 36.4 Å². The minimum absolute atomic E-state index is 0.498. The van der Waals surface area contributed by atoms with Gasteiger partial charge in [-0.1, -0.05) is 0 Å². The Balaban J connectivity index is 1.45. The molecule has 0 saturated carbocycles. The van der Waals surface area contributed by atoms with E-state index in [1.807, 2.05) is 24.5 Å². The van der Waals surface area contributed by atoms with E-state index in [0.717, 1.165) is 31.7 Å². The highest BCUT2D eigenvalue weighted by Crippen LogP contribution is 2.24. The van der Waals surface area contributed by atoms with Gasteiger partial charge in [0.25, 0.3) is 10.2 Å². The standard InChI is InChI=1S/C18H24N4O3S/c1-19-26(23,24)21-16-2-4-18(5-3-16)25-14-15-8-12-22(13-9-15)17-6-10-20-11-7-17/h2-7,10-11,15,19,21H,8-9,12-14H2,1H3. The van der Waals surface area contributed by atoms with Gasteiger partial charge in [0, 0.05) is 43.9 Å². The minimum atomic E-state index is -3.49. The summed E-state index contributed by atoms with van der Waals surface area (Å²) in [4.78, 5) is 6.44. The first-order valence-electron chi connectivity index (χ1n) is 8.65. The van der Waals surface area contributed by atoms with Crippen molar-refractivity contribution in [1.29, 1.82) is 0 Å². The van der Waals surface area contributed by atoms with Crippen LogP contribution in [0.25, 0.3) is 0 Å². The molecular weight excluding hydrogens is 352 g/mol. The molecule has 0 aliphatic carbocycles. The van der Waals surface area contributed by atoms with E-state index >= 15 is 0 Å². The molecule has 1 aliphatic heterocycles. The average Bonchev–Trinajstić information content (AvgIpc) is 2.68. The Hall–Kier alpha value is -2.32. The topological polar surface area (TPSA) is 83.6 Å². The molecule has 1 fully saturated rings. The third kappa shape index (κ3) is 5.09. The number of piperidine rings is 1. The van der Waals surface area contributed by atoms with Gasteiger partial charge in [-0.2, -0.15) is 8.42 Å². The summed E-state index contributed by atoms with van der Waals surface area (Å²) in [6.45, 7) is 2.71. The molecule has 0 radical (unpaired) electrons. The van der Waals surface area contributed by atoms with Crippen molar-refractivity contribution in [3.05, 3.63) is 48.8 Å². The molecule has 0 unspecified atom stereocenters. The third-order valence-electron chi connectivity index (χ3n) is 4.50. The SMILES string of the molecule is CNS(=O)(=O)Nc1ccc(OCC2CCN(c3ccncc3)CC2)cc1. The first-order valence-corrected chi connectivity index (χ1v) is 10.1. The van der Waals surface area contributed by atoms with Crippen molar-refractivity contribution in [1.82, 2.24) is 9.71 Å². The van der Waals surface area contributed by atoms with Gasteiger partial charge in [0.15, 0.2) is 0 Å². The lowest BCUT2D eigenvalue weighted by molar-refractivity contribution is 0.223. The van der Waals surface area contributed by atoms with Crippen LogP contribution < -0.4 is 19.1 Å². The van der Waals surface area contributed by atoms with Crippen LogP contribution in [0.5, 0.6) is 5.75 Å². The van der Waals surface area contributed by atoms with Crippen molar-refractivity contribution in [3.63, 3.8) is 0 Å². The van der Waals surface area contributed by atoms with Gasteiger partial charge in [-0.3, -0.25) is 9.71 Å². The van der Waals surface area contributed by atoms with Crippen LogP contribution in [0.2, 0.25) is 0 Å². The highest BCUT2D eigenvalue weighted by Gasteiger charge is 2.20. The highest BCUT2D eigenvalue weighted by atomic mass is 32.2. The molecule has 2 aromatic rings. The van der Waals surface area contributed by atoms with Crippen LogP contribution in [0.1, 0.15) is 12.8 Å². The second-order valence-electron chi connectivity index (χ2n) is 6.28. The van der Waals surface area contributed by atoms with Crippen LogP contribution in [0.4, 0.5) is 11.4 Å². The second kappa shape index (κ2) is 8.37. The molecule has 140 valence electrons. The molecule has 1 aromatic carbocycles. The Kier molecular flexibility index (Phi) is 5.95. The number of rotatable bonds is 7. The highest BCUT2D eigenvalue weighted by molar-refractivity contribution is 7.90. The molecular formula is C18H24N4O3S. The zero-order chi connectivity index (χ0) is 18.4. The van der Waals surface area contributed by atoms with Crippen molar-refractivity contribution in [2.24, 2.45) is 5.92 Å². The minimum Gasteiger partial charge on any atom is -0.493 e. The maximum atomic E-state index is 11.5. The summed E-state index contributed by atoms with van der Waals surface area (Å²) in [5.74, 6) is 1.27. The van der Waals surface area contributed by atoms with Crippen molar-refractivity contribution >= 4 is 21.6 Å². The van der Waals surface area contributed by atoms with Crippen molar-refractivity contribution in [2.45, 2.75) is 12.8 Å². The van der Waals surface area contributed by atoms with Crippen LogP contribution in [-0.2, 0) is 10.2 Å². The first kappa shape index (κ1) is 18.5. The average molecular weight is 376 g/mol. The Morgan fingerprint density at radius 1 is 1.12 bits per heavy atom. The van der Waals surface area contributed by atoms with Gasteiger partial charge in [-0.25, -0.2) is 4.72 Å². The van der Waals surface area contributed by atoms with Crippen molar-refractivity contribution in [3.8, 4) is 5.75 Å². The maximum Gasteiger partial charge on any atom is 0.298 e. The van der Waals surface area contributed by atoms with Gasteiger partial charge in [0.2, 0.25) is 0 Å². The quantitative estimate of drug-likeness (QED) is 0.774. The summed E-state index contributed by atoms with van der Waals surface area (Å²) in [7, 11) is -2.13. The Morgan fingerprint density at radius 2 is 1.77 bits per heavy atom. The third-order valence-corrected chi connectivity index (χ3v) is 5.55. The molecule has 8 heteroatoms. The number of benzene rings is 1. The first-order chi connectivity index (χ1) is 12.6. The van der Waals surface area contributed by atoms with E-state index in [1.54, 1.807) is 24.3 Å². The molecule has 0 spiro atoms. The Morgan fingerprint density at radius 3 is 2.38 bits per heavy atom. The molecule has 1 saturated heterocycles. The van der Waals surface area contributed by atoms with E-state index < -0.39 is 10.2 Å². The molecule has 26 heavy (non-hydrogen) atoms. The van der Waals surface area contributed by atoms with E-state index in [0.29, 0.717) is 18.2 Å². The Labute approximate surface area is 154 Å². The molecule has 1 aliphatic rings. The number of aromatic nitrogens is 1. The van der Waals surface area contributed by atoms with Crippen LogP contribution in [-0.4, -0.2) is 40.1 Å². The number of nitrogens with zero attached hydrogens (tertiary/aromatic N) is 2. The Bertz CT molecular complexity index is 789. The number of hydrogen-bond acceptors (Lipinski definition) is 5. The van der Waals surface area contributed by atoms with Gasteiger partial charge < -0.3 is 9.64 Å². The fourth-order valence-corrected chi connectivity index (χ4v) is 3.50. The van der Waals surface area contributed by atoms with Crippen LogP contribution in [0.15, 0.2) is 48.8 Å². The summed E-state index contributed by atoms with van der Waals surface area (Å²) in [6, 6.07) is 11.0. The summed E-state index contributed by atoms with van der Waals surface area (Å²) < 4.78 is 33.4. The molecule has 7 nitrogen and oxygen atoms in total. The monoisotopic (exact) mass is 376 g/mol. The summed E-state index contributed by atoms with van der Waals surface area (Å²) >= 11 is 0. The van der Waals surface area contributed by atoms with E-state index in [-0.39, 0.29) is 0 Å². The van der Waals surface area contributed by atoms with Gasteiger partial charge in [-0.15, -0.1) is 0 Å². The van der Waals surface area contributed by atoms with Gasteiger partial charge in [0.1, 0.15) is 5.75 Å². The molecule has 2 N–H and O–H groups in total. The fraction of sp³-hybridized carbons (Fsp3) is 0.389. The zero-order valence-corrected chi connectivity index (χ0v) is 15.6. The van der Waals surface area contributed by atoms with Crippen LogP contribution in [0.3, 0.4) is 0 Å². The number of hydrogen-bond donors (Lipinski definition) is 2. The normalized spacial score (nSPS) is 15.7. The lowest BCUT2D eigenvalue weighted by Crippen LogP contribution is -2.35. The van der Waals surface area contributed by atoms with Crippen LogP contribution >= 0.6 is 0 Å². The molecule has 2 heterocycles. The summed E-state index contributed by atoms with van der Waals surface area (Å²) in [5, 5.41) is 0. The molecule has 3 rings (SSSR count). The van der Waals surface area contributed by atoms with Crippen LogP contribution in [0, 0.1) is 5.92 Å². The van der Waals surface area contributed by atoms with Crippen molar-refractivity contribution < 1.29 is 13.2 Å². The number of pyridine rings is 1. The van der Waals surface area contributed by atoms with Gasteiger partial charge in [0.05, 0.1) is 6.61 Å². The van der Waals surface area contributed by atoms with Gasteiger partial charge in [-0.05, 0) is 55.2 Å². The maximum absolute atomic E-state index is 11.5. The number of anilines is 2. The predicted octanol–water partition coefficient (Wildman–Crippen LogP) is 2.25. The predicted molar refractivity (Wildman–Crippen MR) is 103 cm³/mol. The molecule has 0 atom stereocenters. The lowest BCUT2D eigenvalue weighted by atomic mass is 9.97. The summed E-state index contributed by atoms with van der Waals surface area (Å²) in [5.41, 5.74) is 1.72. The van der Waals surface area contributed by atoms with E-state index in [9.17, 15) is 8.42 Å². The zero-order valence-electron chi connectivity index (χ0n) is 14.8. The molecule has 1 aromatic heterocycles. The number of ether oxygens (including phenoxy) is 1. The van der Waals surface area contributed by atoms with Gasteiger partial charge >= 0.3 is 0 Å². The molecule has 0 amide bonds. The fourth-order valence-electron chi connectivity index (χ4n) is 2.95. The summed E-state index contributed by atoms with van der Waals surface area (Å²) in [6.07, 6.45) is 5.82. The molecule has 0 bridgehead atoms.